The number of unbranched alkanes of at least 4 members (excludes halogenated alkanes) is 3. The third-order valence-electron chi connectivity index (χ3n) is 1.85. The van der Waals surface area contributed by atoms with Gasteiger partial charge in [0.2, 0.25) is 0 Å². The molecule has 0 atom stereocenters. The predicted molar refractivity (Wildman–Crippen MR) is 42.7 cm³/mol. The van der Waals surface area contributed by atoms with Gasteiger partial charge in [0.25, 0.3) is 0 Å². The van der Waals surface area contributed by atoms with Gasteiger partial charge in [0, 0.05) is 0 Å². The van der Waals surface area contributed by atoms with Crippen LogP contribution < -0.4 is 0 Å². The molecule has 0 aromatic carbocycles. The van der Waals surface area contributed by atoms with Crippen LogP contribution in [0.4, 0.5) is 0 Å². The van der Waals surface area contributed by atoms with Crippen LogP contribution >= 0.6 is 0 Å². The van der Waals surface area contributed by atoms with Gasteiger partial charge in [-0.2, -0.15) is 0 Å². The highest BCUT2D eigenvalue weighted by Crippen LogP contribution is 2.29. The molecule has 0 aliphatic carbocycles. The van der Waals surface area contributed by atoms with Crippen molar-refractivity contribution in [3.63, 3.8) is 0 Å². The smallest absolute Gasteiger partial charge is 0.257 e. The van der Waals surface area contributed by atoms with E-state index < -0.39 is 8.56 Å². The number of rotatable bonds is 5. The van der Waals surface area contributed by atoms with Crippen LogP contribution in [0.5, 0.6) is 0 Å². The third kappa shape index (κ3) is 2.81. The molecule has 0 N–H and O–H groups in total. The number of hydrogen-bond donors (Lipinski definition) is 0. The lowest BCUT2D eigenvalue weighted by molar-refractivity contribution is 0.0850. The molecule has 0 radical (unpaired) electrons. The standard InChI is InChI=1S/C7H16O2Si/c1-3-4-5-6-7-10(2)8-9-10/h3-7H2,1-2H3. The molecule has 1 fully saturated rings. The van der Waals surface area contributed by atoms with Gasteiger partial charge in [-0.1, -0.05) is 32.6 Å². The molecule has 0 amide bonds. The molecule has 0 spiro atoms. The summed E-state index contributed by atoms with van der Waals surface area (Å²) < 4.78 is 9.83. The van der Waals surface area contributed by atoms with Crippen molar-refractivity contribution in [2.24, 2.45) is 0 Å². The van der Waals surface area contributed by atoms with E-state index >= 15 is 0 Å². The zero-order chi connectivity index (χ0) is 7.45. The summed E-state index contributed by atoms with van der Waals surface area (Å²) >= 11 is 0. The van der Waals surface area contributed by atoms with Crippen molar-refractivity contribution < 1.29 is 9.15 Å². The van der Waals surface area contributed by atoms with Gasteiger partial charge in [-0.25, -0.2) is 0 Å². The van der Waals surface area contributed by atoms with Crippen LogP contribution in [-0.2, 0) is 9.15 Å². The molecule has 1 saturated heterocycles. The van der Waals surface area contributed by atoms with Gasteiger partial charge in [0.05, 0.1) is 0 Å². The summed E-state index contributed by atoms with van der Waals surface area (Å²) in [7, 11) is -1.46. The van der Waals surface area contributed by atoms with E-state index in [0.717, 1.165) is 0 Å². The minimum Gasteiger partial charge on any atom is -0.257 e. The van der Waals surface area contributed by atoms with Gasteiger partial charge in [-0.05, 0) is 12.6 Å². The summed E-state index contributed by atoms with van der Waals surface area (Å²) in [5.41, 5.74) is 0. The van der Waals surface area contributed by atoms with Gasteiger partial charge >= 0.3 is 8.56 Å². The first-order valence-electron chi connectivity index (χ1n) is 4.14. The van der Waals surface area contributed by atoms with E-state index in [1.165, 1.54) is 31.7 Å². The molecular weight excluding hydrogens is 144 g/mol. The normalized spacial score (nSPS) is 21.0. The highest BCUT2D eigenvalue weighted by molar-refractivity contribution is 6.70. The van der Waals surface area contributed by atoms with Crippen LogP contribution in [0, 0.1) is 0 Å². The van der Waals surface area contributed by atoms with Crippen molar-refractivity contribution in [3.05, 3.63) is 0 Å². The maximum atomic E-state index is 4.92. The Balaban J connectivity index is 1.86. The van der Waals surface area contributed by atoms with Crippen molar-refractivity contribution in [2.75, 3.05) is 0 Å². The van der Waals surface area contributed by atoms with Crippen LogP contribution in [0.2, 0.25) is 12.6 Å². The Morgan fingerprint density at radius 3 is 2.30 bits per heavy atom. The highest BCUT2D eigenvalue weighted by Gasteiger charge is 2.47. The molecule has 1 rings (SSSR count). The van der Waals surface area contributed by atoms with Crippen molar-refractivity contribution >= 4 is 8.56 Å². The van der Waals surface area contributed by atoms with Gasteiger partial charge in [-0.3, -0.25) is 9.15 Å². The second-order valence-electron chi connectivity index (χ2n) is 3.11. The topological polar surface area (TPSA) is 25.1 Å². The lowest BCUT2D eigenvalue weighted by Gasteiger charge is -1.96. The molecule has 0 saturated carbocycles. The molecule has 1 aliphatic heterocycles. The summed E-state index contributed by atoms with van der Waals surface area (Å²) in [4.78, 5) is 0. The van der Waals surface area contributed by atoms with E-state index in [1.807, 2.05) is 0 Å². The average Bonchev–Trinajstić information content (AvgIpc) is 2.62. The third-order valence-corrected chi connectivity index (χ3v) is 3.85. The molecule has 0 aromatic rings. The molecule has 60 valence electrons. The zero-order valence-electron chi connectivity index (χ0n) is 6.85. The quantitative estimate of drug-likeness (QED) is 0.267. The Bertz CT molecular complexity index is 102. The molecule has 3 heteroatoms. The van der Waals surface area contributed by atoms with Crippen molar-refractivity contribution in [3.8, 4) is 0 Å². The van der Waals surface area contributed by atoms with Gasteiger partial charge < -0.3 is 0 Å². The highest BCUT2D eigenvalue weighted by atomic mass is 28.4. The molecule has 1 heterocycles. The fourth-order valence-electron chi connectivity index (χ4n) is 1.03. The van der Waals surface area contributed by atoms with Crippen molar-refractivity contribution in [1.82, 2.24) is 0 Å². The predicted octanol–water partition coefficient (Wildman–Crippen LogP) is 2.60. The molecule has 1 aliphatic rings. The van der Waals surface area contributed by atoms with Gasteiger partial charge in [-0.15, -0.1) is 0 Å². The fraction of sp³-hybridized carbons (Fsp3) is 1.00. The second kappa shape index (κ2) is 3.51. The number of hydrogen-bond acceptors (Lipinski definition) is 2. The minimum absolute atomic E-state index is 1.19. The first-order valence-corrected chi connectivity index (χ1v) is 6.66. The zero-order valence-corrected chi connectivity index (χ0v) is 7.85. The summed E-state index contributed by atoms with van der Waals surface area (Å²) in [6.45, 7) is 4.35. The lowest BCUT2D eigenvalue weighted by Crippen LogP contribution is -2.08. The average molecular weight is 160 g/mol. The van der Waals surface area contributed by atoms with E-state index in [9.17, 15) is 0 Å². The second-order valence-corrected chi connectivity index (χ2v) is 6.21. The summed E-state index contributed by atoms with van der Waals surface area (Å²) in [5.74, 6) is 0. The molecule has 0 unspecified atom stereocenters. The van der Waals surface area contributed by atoms with Crippen LogP contribution in [0.15, 0.2) is 0 Å². The molecule has 10 heavy (non-hydrogen) atoms. The lowest BCUT2D eigenvalue weighted by atomic mass is 10.2. The summed E-state index contributed by atoms with van der Waals surface area (Å²) in [6.07, 6.45) is 5.28. The monoisotopic (exact) mass is 160 g/mol. The van der Waals surface area contributed by atoms with Crippen molar-refractivity contribution in [1.29, 1.82) is 0 Å². The Morgan fingerprint density at radius 2 is 1.80 bits per heavy atom. The van der Waals surface area contributed by atoms with E-state index in [2.05, 4.69) is 13.5 Å². The summed E-state index contributed by atoms with van der Waals surface area (Å²) in [6, 6.07) is 1.19. The van der Waals surface area contributed by atoms with Crippen LogP contribution in [0.3, 0.4) is 0 Å². The van der Waals surface area contributed by atoms with Crippen molar-refractivity contribution in [2.45, 2.75) is 45.2 Å². The molecule has 0 bridgehead atoms. The van der Waals surface area contributed by atoms with Gasteiger partial charge in [0.1, 0.15) is 0 Å². The Kier molecular flexibility index (Phi) is 2.89. The molecule has 0 aromatic heterocycles. The molecule has 2 nitrogen and oxygen atoms in total. The summed E-state index contributed by atoms with van der Waals surface area (Å²) in [5, 5.41) is 0. The SMILES string of the molecule is CCCCCC[Si]1(C)OO1. The van der Waals surface area contributed by atoms with E-state index in [4.69, 9.17) is 9.15 Å². The van der Waals surface area contributed by atoms with Crippen LogP contribution in [-0.4, -0.2) is 8.56 Å². The van der Waals surface area contributed by atoms with Crippen LogP contribution in [0.25, 0.3) is 0 Å². The van der Waals surface area contributed by atoms with E-state index in [-0.39, 0.29) is 0 Å². The van der Waals surface area contributed by atoms with E-state index in [1.54, 1.807) is 0 Å². The van der Waals surface area contributed by atoms with Gasteiger partial charge in [0.15, 0.2) is 0 Å². The first kappa shape index (κ1) is 8.24. The first-order chi connectivity index (χ1) is 4.77. The van der Waals surface area contributed by atoms with E-state index in [0.29, 0.717) is 0 Å². The fourth-order valence-corrected chi connectivity index (χ4v) is 2.66. The maximum absolute atomic E-state index is 4.92. The maximum Gasteiger partial charge on any atom is 0.403 e. The molecular formula is C7H16O2Si. The largest absolute Gasteiger partial charge is 0.403 e. The van der Waals surface area contributed by atoms with Crippen LogP contribution in [0.1, 0.15) is 32.6 Å². The Hall–Kier alpha value is 0.137. The minimum atomic E-state index is -1.46. The Morgan fingerprint density at radius 1 is 1.10 bits per heavy atom. The Labute approximate surface area is 63.7 Å².